The van der Waals surface area contributed by atoms with Crippen LogP contribution in [-0.2, 0) is 0 Å². The maximum atomic E-state index is 10.8. The number of aliphatic hydroxyl groups excluding tert-OH is 1. The Bertz CT molecular complexity index is 605. The first-order valence-electron chi connectivity index (χ1n) is 7.61. The Morgan fingerprint density at radius 1 is 1.25 bits per heavy atom. The van der Waals surface area contributed by atoms with Gasteiger partial charge in [0.2, 0.25) is 0 Å². The van der Waals surface area contributed by atoms with E-state index in [0.29, 0.717) is 5.92 Å². The largest absolute Gasteiger partial charge is 0.388 e. The summed E-state index contributed by atoms with van der Waals surface area (Å²) in [5, 5.41) is 11.9. The fourth-order valence-electron chi connectivity index (χ4n) is 3.59. The molecule has 1 heterocycles. The molecule has 1 aliphatic rings. The van der Waals surface area contributed by atoms with E-state index >= 15 is 0 Å². The number of aromatic nitrogens is 1. The zero-order valence-corrected chi connectivity index (χ0v) is 12.3. The predicted molar refractivity (Wildman–Crippen MR) is 82.4 cm³/mol. The molecule has 2 heteroatoms. The Morgan fingerprint density at radius 3 is 2.85 bits per heavy atom. The van der Waals surface area contributed by atoms with Gasteiger partial charge in [-0.25, -0.2) is 0 Å². The van der Waals surface area contributed by atoms with Gasteiger partial charge in [-0.1, -0.05) is 44.9 Å². The summed E-state index contributed by atoms with van der Waals surface area (Å²) >= 11 is 0. The van der Waals surface area contributed by atoms with E-state index in [9.17, 15) is 5.11 Å². The normalized spacial score (nSPS) is 23.6. The van der Waals surface area contributed by atoms with Gasteiger partial charge in [0.05, 0.1) is 11.6 Å². The van der Waals surface area contributed by atoms with Crippen LogP contribution in [-0.4, -0.2) is 10.1 Å². The molecule has 0 amide bonds. The van der Waals surface area contributed by atoms with Gasteiger partial charge >= 0.3 is 0 Å². The van der Waals surface area contributed by atoms with Crippen molar-refractivity contribution in [1.82, 2.24) is 4.98 Å². The quantitative estimate of drug-likeness (QED) is 0.871. The van der Waals surface area contributed by atoms with Crippen molar-refractivity contribution in [2.24, 2.45) is 11.3 Å². The molecule has 2 aromatic rings. The highest BCUT2D eigenvalue weighted by atomic mass is 16.3. The molecule has 1 fully saturated rings. The summed E-state index contributed by atoms with van der Waals surface area (Å²) in [6.07, 6.45) is 6.27. The number of fused-ring (bicyclic) bond motifs is 1. The van der Waals surface area contributed by atoms with E-state index in [1.807, 2.05) is 24.4 Å². The molecule has 2 atom stereocenters. The molecular weight excluding hydrogens is 246 g/mol. The number of hydrogen-bond donors (Lipinski definition) is 1. The molecular formula is C18H23NO. The Hall–Kier alpha value is -1.41. The second-order valence-corrected chi connectivity index (χ2v) is 6.75. The highest BCUT2D eigenvalue weighted by Gasteiger charge is 2.37. The van der Waals surface area contributed by atoms with E-state index in [0.717, 1.165) is 22.9 Å². The summed E-state index contributed by atoms with van der Waals surface area (Å²) in [6, 6.07) is 10.2. The van der Waals surface area contributed by atoms with Gasteiger partial charge in [-0.05, 0) is 41.9 Å². The Kier molecular flexibility index (Phi) is 3.51. The van der Waals surface area contributed by atoms with Crippen LogP contribution in [0.3, 0.4) is 0 Å². The number of hydrogen-bond acceptors (Lipinski definition) is 2. The van der Waals surface area contributed by atoms with E-state index in [1.54, 1.807) is 0 Å². The van der Waals surface area contributed by atoms with Crippen LogP contribution < -0.4 is 0 Å². The Balaban J connectivity index is 1.93. The van der Waals surface area contributed by atoms with Gasteiger partial charge in [-0.3, -0.25) is 4.98 Å². The van der Waals surface area contributed by atoms with Crippen molar-refractivity contribution in [1.29, 1.82) is 0 Å². The van der Waals surface area contributed by atoms with E-state index in [2.05, 4.69) is 31.0 Å². The lowest BCUT2D eigenvalue weighted by atomic mass is 9.65. The highest BCUT2D eigenvalue weighted by molar-refractivity contribution is 5.78. The first-order chi connectivity index (χ1) is 9.58. The lowest BCUT2D eigenvalue weighted by Crippen LogP contribution is -2.32. The molecule has 1 saturated carbocycles. The second-order valence-electron chi connectivity index (χ2n) is 6.75. The van der Waals surface area contributed by atoms with Crippen LogP contribution in [0.5, 0.6) is 0 Å². The van der Waals surface area contributed by atoms with Gasteiger partial charge in [0.25, 0.3) is 0 Å². The summed E-state index contributed by atoms with van der Waals surface area (Å²) in [4.78, 5) is 4.48. The summed E-state index contributed by atoms with van der Waals surface area (Å²) in [7, 11) is 0. The van der Waals surface area contributed by atoms with Crippen LogP contribution in [0.1, 0.15) is 51.2 Å². The summed E-state index contributed by atoms with van der Waals surface area (Å²) in [6.45, 7) is 4.57. The van der Waals surface area contributed by atoms with Crippen LogP contribution in [0.2, 0.25) is 0 Å². The standard InChI is InChI=1S/C18H23NO/c1-18(2)10-6-5-8-15(18)17(20)14-11-13-7-3-4-9-16(13)19-12-14/h3-4,7,9,11-12,15,17,20H,5-6,8,10H2,1-2H3. The SMILES string of the molecule is CC1(C)CCCCC1C(O)c1cnc2ccccc2c1. The van der Waals surface area contributed by atoms with Gasteiger partial charge in [0.1, 0.15) is 0 Å². The molecule has 3 rings (SSSR count). The van der Waals surface area contributed by atoms with Gasteiger partial charge in [-0.2, -0.15) is 0 Å². The summed E-state index contributed by atoms with van der Waals surface area (Å²) in [5.41, 5.74) is 2.17. The number of rotatable bonds is 2. The van der Waals surface area contributed by atoms with Crippen molar-refractivity contribution >= 4 is 10.9 Å². The molecule has 0 aliphatic heterocycles. The van der Waals surface area contributed by atoms with Crippen molar-refractivity contribution in [3.63, 3.8) is 0 Å². The Morgan fingerprint density at radius 2 is 2.05 bits per heavy atom. The fourth-order valence-corrected chi connectivity index (χ4v) is 3.59. The van der Waals surface area contributed by atoms with Gasteiger partial charge in [0.15, 0.2) is 0 Å². The Labute approximate surface area is 120 Å². The molecule has 2 nitrogen and oxygen atoms in total. The van der Waals surface area contributed by atoms with Crippen LogP contribution >= 0.6 is 0 Å². The molecule has 1 aromatic carbocycles. The van der Waals surface area contributed by atoms with Crippen molar-refractivity contribution in [2.45, 2.75) is 45.6 Å². The average Bonchev–Trinajstić information content (AvgIpc) is 2.45. The van der Waals surface area contributed by atoms with E-state index in [-0.39, 0.29) is 5.41 Å². The number of para-hydroxylation sites is 1. The molecule has 0 saturated heterocycles. The number of nitrogens with zero attached hydrogens (tertiary/aromatic N) is 1. The van der Waals surface area contributed by atoms with Crippen LogP contribution in [0, 0.1) is 11.3 Å². The molecule has 0 spiro atoms. The fraction of sp³-hybridized carbons (Fsp3) is 0.500. The van der Waals surface area contributed by atoms with Crippen LogP contribution in [0.25, 0.3) is 10.9 Å². The average molecular weight is 269 g/mol. The van der Waals surface area contributed by atoms with Crippen LogP contribution in [0.15, 0.2) is 36.5 Å². The third kappa shape index (κ3) is 2.45. The topological polar surface area (TPSA) is 33.1 Å². The first-order valence-corrected chi connectivity index (χ1v) is 7.61. The van der Waals surface area contributed by atoms with Gasteiger partial charge in [-0.15, -0.1) is 0 Å². The minimum Gasteiger partial charge on any atom is -0.388 e. The monoisotopic (exact) mass is 269 g/mol. The smallest absolute Gasteiger partial charge is 0.0838 e. The second kappa shape index (κ2) is 5.17. The lowest BCUT2D eigenvalue weighted by molar-refractivity contribution is 0.00376. The number of pyridine rings is 1. The molecule has 1 N–H and O–H groups in total. The maximum Gasteiger partial charge on any atom is 0.0838 e. The third-order valence-corrected chi connectivity index (χ3v) is 4.92. The van der Waals surface area contributed by atoms with E-state index in [4.69, 9.17) is 0 Å². The molecule has 106 valence electrons. The zero-order valence-electron chi connectivity index (χ0n) is 12.3. The van der Waals surface area contributed by atoms with E-state index in [1.165, 1.54) is 19.3 Å². The molecule has 1 aliphatic carbocycles. The van der Waals surface area contributed by atoms with Crippen molar-refractivity contribution < 1.29 is 5.11 Å². The lowest BCUT2D eigenvalue weighted by Gasteiger charge is -2.41. The minimum atomic E-state index is -0.401. The molecule has 20 heavy (non-hydrogen) atoms. The van der Waals surface area contributed by atoms with Crippen molar-refractivity contribution in [2.75, 3.05) is 0 Å². The molecule has 2 unspecified atom stereocenters. The molecule has 0 radical (unpaired) electrons. The van der Waals surface area contributed by atoms with Gasteiger partial charge < -0.3 is 5.11 Å². The van der Waals surface area contributed by atoms with Crippen molar-refractivity contribution in [3.8, 4) is 0 Å². The minimum absolute atomic E-state index is 0.212. The maximum absolute atomic E-state index is 10.8. The molecule has 0 bridgehead atoms. The highest BCUT2D eigenvalue weighted by Crippen LogP contribution is 2.46. The number of benzene rings is 1. The third-order valence-electron chi connectivity index (χ3n) is 4.92. The zero-order chi connectivity index (χ0) is 14.2. The van der Waals surface area contributed by atoms with E-state index < -0.39 is 6.10 Å². The molecule has 1 aromatic heterocycles. The summed E-state index contributed by atoms with van der Waals surface area (Å²) in [5.74, 6) is 0.333. The first kappa shape index (κ1) is 13.6. The predicted octanol–water partition coefficient (Wildman–Crippen LogP) is 4.48. The van der Waals surface area contributed by atoms with Crippen molar-refractivity contribution in [3.05, 3.63) is 42.1 Å². The van der Waals surface area contributed by atoms with Gasteiger partial charge in [0, 0.05) is 11.6 Å². The van der Waals surface area contributed by atoms with Crippen LogP contribution in [0.4, 0.5) is 0 Å². The summed E-state index contributed by atoms with van der Waals surface area (Å²) < 4.78 is 0. The number of aliphatic hydroxyl groups is 1.